The minimum atomic E-state index is -4.57. The predicted molar refractivity (Wildman–Crippen MR) is 57.8 cm³/mol. The molecule has 0 saturated carbocycles. The number of rotatable bonds is 1. The highest BCUT2D eigenvalue weighted by Gasteiger charge is 2.46. The van der Waals surface area contributed by atoms with Crippen molar-refractivity contribution in [3.05, 3.63) is 35.4 Å². The van der Waals surface area contributed by atoms with Crippen molar-refractivity contribution in [3.8, 4) is 0 Å². The molecule has 6 heteroatoms. The first-order valence-electron chi connectivity index (χ1n) is 4.67. The maximum absolute atomic E-state index is 12.7. The van der Waals surface area contributed by atoms with E-state index in [0.29, 0.717) is 22.2 Å². The van der Waals surface area contributed by atoms with Gasteiger partial charge in [-0.15, -0.1) is 11.8 Å². The van der Waals surface area contributed by atoms with E-state index in [2.05, 4.69) is 0 Å². The van der Waals surface area contributed by atoms with Crippen LogP contribution < -0.4 is 0 Å². The summed E-state index contributed by atoms with van der Waals surface area (Å²) in [6, 6.07) is 6.42. The Labute approximate surface area is 99.1 Å². The van der Waals surface area contributed by atoms with Gasteiger partial charge in [-0.05, 0) is 17.7 Å². The molecule has 0 saturated heterocycles. The SMILES string of the molecule is O=C(O)C1=Cc2ccccc2SC1C(F)(F)F. The molecule has 0 bridgehead atoms. The number of hydrogen-bond donors (Lipinski definition) is 1. The first kappa shape index (κ1) is 12.0. The van der Waals surface area contributed by atoms with Gasteiger partial charge in [0.2, 0.25) is 0 Å². The predicted octanol–water partition coefficient (Wildman–Crippen LogP) is 3.19. The molecule has 1 unspecified atom stereocenters. The highest BCUT2D eigenvalue weighted by Crippen LogP contribution is 2.44. The van der Waals surface area contributed by atoms with Gasteiger partial charge < -0.3 is 5.11 Å². The maximum Gasteiger partial charge on any atom is 0.405 e. The molecule has 1 atom stereocenters. The summed E-state index contributed by atoms with van der Waals surface area (Å²) in [6.07, 6.45) is -3.48. The van der Waals surface area contributed by atoms with Crippen LogP contribution in [0.1, 0.15) is 5.56 Å². The number of hydrogen-bond acceptors (Lipinski definition) is 2. The highest BCUT2D eigenvalue weighted by molar-refractivity contribution is 8.00. The van der Waals surface area contributed by atoms with E-state index in [-0.39, 0.29) is 0 Å². The second-order valence-corrected chi connectivity index (χ2v) is 4.63. The third-order valence-electron chi connectivity index (χ3n) is 2.30. The molecule has 1 aliphatic rings. The summed E-state index contributed by atoms with van der Waals surface area (Å²) in [7, 11) is 0. The summed E-state index contributed by atoms with van der Waals surface area (Å²) in [5.41, 5.74) is -0.114. The van der Waals surface area contributed by atoms with Gasteiger partial charge in [-0.2, -0.15) is 13.2 Å². The fraction of sp³-hybridized carbons (Fsp3) is 0.182. The molecule has 1 heterocycles. The number of halogens is 3. The van der Waals surface area contributed by atoms with E-state index < -0.39 is 23.0 Å². The molecular weight excluding hydrogens is 253 g/mol. The van der Waals surface area contributed by atoms with Crippen molar-refractivity contribution in [2.45, 2.75) is 16.3 Å². The lowest BCUT2D eigenvalue weighted by Gasteiger charge is -2.25. The number of carboxylic acids is 1. The van der Waals surface area contributed by atoms with Crippen molar-refractivity contribution in [2.24, 2.45) is 0 Å². The number of benzene rings is 1. The Morgan fingerprint density at radius 1 is 1.29 bits per heavy atom. The molecule has 90 valence electrons. The fourth-order valence-electron chi connectivity index (χ4n) is 1.56. The second-order valence-electron chi connectivity index (χ2n) is 3.48. The highest BCUT2D eigenvalue weighted by atomic mass is 32.2. The van der Waals surface area contributed by atoms with Gasteiger partial charge in [0.25, 0.3) is 0 Å². The molecule has 0 aromatic heterocycles. The lowest BCUT2D eigenvalue weighted by atomic mass is 10.1. The summed E-state index contributed by atoms with van der Waals surface area (Å²) in [5.74, 6) is -1.53. The minimum Gasteiger partial charge on any atom is -0.478 e. The van der Waals surface area contributed by atoms with Crippen molar-refractivity contribution in [1.29, 1.82) is 0 Å². The standard InChI is InChI=1S/C11H7F3O2S/c12-11(13,14)9-7(10(15)16)5-6-3-1-2-4-8(6)17-9/h1-5,9H,(H,15,16). The van der Waals surface area contributed by atoms with Gasteiger partial charge in [0.05, 0.1) is 5.57 Å². The van der Waals surface area contributed by atoms with Crippen LogP contribution in [0.2, 0.25) is 0 Å². The van der Waals surface area contributed by atoms with Crippen LogP contribution in [0.15, 0.2) is 34.7 Å². The Hall–Kier alpha value is -1.43. The van der Waals surface area contributed by atoms with Gasteiger partial charge in [0, 0.05) is 4.90 Å². The number of fused-ring (bicyclic) bond motifs is 1. The van der Waals surface area contributed by atoms with Gasteiger partial charge >= 0.3 is 12.1 Å². The topological polar surface area (TPSA) is 37.3 Å². The third kappa shape index (κ3) is 2.31. The maximum atomic E-state index is 12.7. The summed E-state index contributed by atoms with van der Waals surface area (Å²) >= 11 is 0.526. The van der Waals surface area contributed by atoms with Crippen LogP contribution in [0.3, 0.4) is 0 Å². The summed E-state index contributed by atoms with van der Waals surface area (Å²) < 4.78 is 38.2. The Morgan fingerprint density at radius 2 is 1.94 bits per heavy atom. The molecule has 2 rings (SSSR count). The molecule has 1 N–H and O–H groups in total. The fourth-order valence-corrected chi connectivity index (χ4v) is 2.66. The van der Waals surface area contributed by atoms with E-state index in [1.807, 2.05) is 0 Å². The molecule has 0 fully saturated rings. The van der Waals surface area contributed by atoms with Gasteiger partial charge in [-0.3, -0.25) is 0 Å². The smallest absolute Gasteiger partial charge is 0.405 e. The molecule has 1 aromatic carbocycles. The molecule has 0 amide bonds. The molecule has 0 radical (unpaired) electrons. The zero-order valence-corrected chi connectivity index (χ0v) is 9.18. The van der Waals surface area contributed by atoms with Gasteiger partial charge in [-0.1, -0.05) is 18.2 Å². The first-order valence-corrected chi connectivity index (χ1v) is 5.55. The van der Waals surface area contributed by atoms with Crippen LogP contribution in [0.4, 0.5) is 13.2 Å². The summed E-state index contributed by atoms with van der Waals surface area (Å²) in [6.45, 7) is 0. The van der Waals surface area contributed by atoms with E-state index in [1.54, 1.807) is 24.3 Å². The minimum absolute atomic E-state index is 0.444. The Balaban J connectivity index is 2.51. The van der Waals surface area contributed by atoms with Crippen LogP contribution in [-0.2, 0) is 4.79 Å². The molecular formula is C11H7F3O2S. The van der Waals surface area contributed by atoms with E-state index in [0.717, 1.165) is 6.08 Å². The first-order chi connectivity index (χ1) is 7.89. The number of aliphatic carboxylic acids is 1. The van der Waals surface area contributed by atoms with Gasteiger partial charge in [0.15, 0.2) is 0 Å². The number of thioether (sulfide) groups is 1. The van der Waals surface area contributed by atoms with Crippen molar-refractivity contribution >= 4 is 23.8 Å². The Kier molecular flexibility index (Phi) is 2.91. The zero-order chi connectivity index (χ0) is 12.6. The average Bonchev–Trinajstić information content (AvgIpc) is 2.26. The normalized spacial score (nSPS) is 19.5. The third-order valence-corrected chi connectivity index (χ3v) is 3.68. The van der Waals surface area contributed by atoms with E-state index in [4.69, 9.17) is 5.11 Å². The molecule has 1 aromatic rings. The van der Waals surface area contributed by atoms with E-state index in [9.17, 15) is 18.0 Å². The van der Waals surface area contributed by atoms with Crippen LogP contribution in [0.25, 0.3) is 6.08 Å². The largest absolute Gasteiger partial charge is 0.478 e. The van der Waals surface area contributed by atoms with Gasteiger partial charge in [0.1, 0.15) is 5.25 Å². The van der Waals surface area contributed by atoms with Crippen molar-refractivity contribution in [2.75, 3.05) is 0 Å². The molecule has 17 heavy (non-hydrogen) atoms. The van der Waals surface area contributed by atoms with Crippen LogP contribution in [-0.4, -0.2) is 22.5 Å². The number of alkyl halides is 3. The van der Waals surface area contributed by atoms with Crippen molar-refractivity contribution in [1.82, 2.24) is 0 Å². The summed E-state index contributed by atoms with van der Waals surface area (Å²) in [4.78, 5) is 11.3. The van der Waals surface area contributed by atoms with Crippen molar-refractivity contribution < 1.29 is 23.1 Å². The molecule has 1 aliphatic heterocycles. The summed E-state index contributed by atoms with van der Waals surface area (Å²) in [5, 5.41) is 6.81. The molecule has 0 aliphatic carbocycles. The average molecular weight is 260 g/mol. The zero-order valence-electron chi connectivity index (χ0n) is 8.36. The Morgan fingerprint density at radius 3 is 2.53 bits per heavy atom. The van der Waals surface area contributed by atoms with E-state index >= 15 is 0 Å². The molecule has 2 nitrogen and oxygen atoms in total. The van der Waals surface area contributed by atoms with Crippen LogP contribution in [0.5, 0.6) is 0 Å². The number of carboxylic acid groups (broad SMARTS) is 1. The second kappa shape index (κ2) is 4.10. The van der Waals surface area contributed by atoms with Crippen LogP contribution >= 0.6 is 11.8 Å². The number of carbonyl (C=O) groups is 1. The lowest BCUT2D eigenvalue weighted by molar-refractivity contribution is -0.140. The van der Waals surface area contributed by atoms with Gasteiger partial charge in [-0.25, -0.2) is 4.79 Å². The van der Waals surface area contributed by atoms with E-state index in [1.165, 1.54) is 0 Å². The van der Waals surface area contributed by atoms with Crippen molar-refractivity contribution in [3.63, 3.8) is 0 Å². The molecule has 0 spiro atoms. The quantitative estimate of drug-likeness (QED) is 0.842. The van der Waals surface area contributed by atoms with Crippen LogP contribution in [0, 0.1) is 0 Å². The monoisotopic (exact) mass is 260 g/mol. The lowest BCUT2D eigenvalue weighted by Crippen LogP contribution is -2.32. The Bertz CT molecular complexity index is 494.